The molecule has 4 aromatic rings. The van der Waals surface area contributed by atoms with E-state index in [1.54, 1.807) is 0 Å². The van der Waals surface area contributed by atoms with Crippen LogP contribution in [0.15, 0.2) is 54.9 Å². The minimum atomic E-state index is 0.335. The molecule has 1 aromatic carbocycles. The van der Waals surface area contributed by atoms with Gasteiger partial charge in [0.2, 0.25) is 11.9 Å². The minimum absolute atomic E-state index is 0.335. The lowest BCUT2D eigenvalue weighted by Gasteiger charge is -2.34. The van der Waals surface area contributed by atoms with E-state index in [4.69, 9.17) is 0 Å². The predicted octanol–water partition coefficient (Wildman–Crippen LogP) is 4.52. The van der Waals surface area contributed by atoms with Crippen molar-refractivity contribution >= 4 is 28.7 Å². The summed E-state index contributed by atoms with van der Waals surface area (Å²) in [5.74, 6) is 2.41. The Morgan fingerprint density at radius 2 is 1.81 bits per heavy atom. The van der Waals surface area contributed by atoms with Crippen molar-refractivity contribution < 1.29 is 4.79 Å². The number of hydrogen-bond acceptors (Lipinski definition) is 6. The molecular weight excluding hydrogens is 450 g/mol. The molecule has 0 spiro atoms. The molecule has 0 bridgehead atoms. The summed E-state index contributed by atoms with van der Waals surface area (Å²) in [6, 6.07) is 14.4. The number of H-pyrrole nitrogens is 1. The molecule has 0 atom stereocenters. The lowest BCUT2D eigenvalue weighted by molar-refractivity contribution is -0.133. The SMILES string of the molecule is Cc1cc(-c2ccc3nc(Nc4cc(CN5CCN(C(=O)CC6CC6)CC5)ccn4)[nH]c3c2)ccn1. The smallest absolute Gasteiger partial charge is 0.222 e. The van der Waals surface area contributed by atoms with Crippen LogP contribution in [-0.2, 0) is 11.3 Å². The maximum absolute atomic E-state index is 12.4. The zero-order chi connectivity index (χ0) is 24.5. The third kappa shape index (κ3) is 5.23. The van der Waals surface area contributed by atoms with Gasteiger partial charge in [-0.15, -0.1) is 0 Å². The van der Waals surface area contributed by atoms with E-state index in [2.05, 4.69) is 60.5 Å². The Kier molecular flexibility index (Phi) is 6.11. The summed E-state index contributed by atoms with van der Waals surface area (Å²) in [5.41, 5.74) is 6.31. The second-order valence-electron chi connectivity index (χ2n) is 9.98. The number of aromatic nitrogens is 4. The molecule has 184 valence electrons. The van der Waals surface area contributed by atoms with Crippen LogP contribution >= 0.6 is 0 Å². The molecule has 1 amide bonds. The molecule has 1 saturated carbocycles. The van der Waals surface area contributed by atoms with E-state index in [-0.39, 0.29) is 0 Å². The fourth-order valence-electron chi connectivity index (χ4n) is 4.85. The van der Waals surface area contributed by atoms with Crippen LogP contribution in [0.4, 0.5) is 11.8 Å². The number of carbonyl (C=O) groups excluding carboxylic acids is 1. The molecule has 8 heteroatoms. The number of carbonyl (C=O) groups is 1. The molecule has 2 fully saturated rings. The van der Waals surface area contributed by atoms with Gasteiger partial charge in [0.25, 0.3) is 0 Å². The highest BCUT2D eigenvalue weighted by Crippen LogP contribution is 2.33. The van der Waals surface area contributed by atoms with Gasteiger partial charge in [-0.05, 0) is 78.8 Å². The molecule has 1 saturated heterocycles. The number of pyridine rings is 2. The highest BCUT2D eigenvalue weighted by Gasteiger charge is 2.28. The van der Waals surface area contributed by atoms with Gasteiger partial charge in [-0.3, -0.25) is 14.7 Å². The van der Waals surface area contributed by atoms with Crippen LogP contribution in [0.3, 0.4) is 0 Å². The number of benzene rings is 1. The molecule has 36 heavy (non-hydrogen) atoms. The Hall–Kier alpha value is -3.78. The Morgan fingerprint density at radius 3 is 2.61 bits per heavy atom. The number of anilines is 2. The predicted molar refractivity (Wildman–Crippen MR) is 141 cm³/mol. The molecule has 1 aliphatic carbocycles. The third-order valence-corrected chi connectivity index (χ3v) is 7.07. The van der Waals surface area contributed by atoms with E-state index in [1.165, 1.54) is 18.4 Å². The van der Waals surface area contributed by atoms with Gasteiger partial charge < -0.3 is 15.2 Å². The number of amides is 1. The van der Waals surface area contributed by atoms with E-state index >= 15 is 0 Å². The summed E-state index contributed by atoms with van der Waals surface area (Å²) >= 11 is 0. The zero-order valence-electron chi connectivity index (χ0n) is 20.6. The third-order valence-electron chi connectivity index (χ3n) is 7.07. The summed E-state index contributed by atoms with van der Waals surface area (Å²) in [7, 11) is 0. The van der Waals surface area contributed by atoms with E-state index in [0.717, 1.165) is 72.8 Å². The normalized spacial score (nSPS) is 16.4. The first-order chi connectivity index (χ1) is 17.6. The molecule has 0 unspecified atom stereocenters. The summed E-state index contributed by atoms with van der Waals surface area (Å²) in [4.78, 5) is 33.7. The molecule has 0 radical (unpaired) electrons. The Labute approximate surface area is 210 Å². The van der Waals surface area contributed by atoms with Crippen molar-refractivity contribution in [3.05, 3.63) is 66.1 Å². The van der Waals surface area contributed by atoms with E-state index in [9.17, 15) is 4.79 Å². The van der Waals surface area contributed by atoms with Gasteiger partial charge in [0.05, 0.1) is 11.0 Å². The first-order valence-corrected chi connectivity index (χ1v) is 12.7. The van der Waals surface area contributed by atoms with Gasteiger partial charge >= 0.3 is 0 Å². The number of aromatic amines is 1. The van der Waals surface area contributed by atoms with Crippen molar-refractivity contribution in [2.45, 2.75) is 32.7 Å². The first-order valence-electron chi connectivity index (χ1n) is 12.7. The average molecular weight is 482 g/mol. The number of nitrogens with zero attached hydrogens (tertiary/aromatic N) is 5. The van der Waals surface area contributed by atoms with Crippen LogP contribution in [0.25, 0.3) is 22.2 Å². The molecule has 2 N–H and O–H groups in total. The van der Waals surface area contributed by atoms with Gasteiger partial charge in [-0.25, -0.2) is 9.97 Å². The topological polar surface area (TPSA) is 90.0 Å². The van der Waals surface area contributed by atoms with Crippen molar-refractivity contribution in [2.75, 3.05) is 31.5 Å². The summed E-state index contributed by atoms with van der Waals surface area (Å²) < 4.78 is 0. The number of piperazine rings is 1. The molecular formula is C28H31N7O. The number of aryl methyl sites for hydroxylation is 1. The molecule has 8 nitrogen and oxygen atoms in total. The average Bonchev–Trinajstić information content (AvgIpc) is 3.60. The monoisotopic (exact) mass is 481 g/mol. The fourth-order valence-corrected chi connectivity index (χ4v) is 4.85. The van der Waals surface area contributed by atoms with Gasteiger partial charge in [0, 0.05) is 57.2 Å². The van der Waals surface area contributed by atoms with Crippen molar-refractivity contribution in [1.29, 1.82) is 0 Å². The molecule has 1 aliphatic heterocycles. The number of fused-ring (bicyclic) bond motifs is 1. The largest absolute Gasteiger partial charge is 0.340 e. The second kappa shape index (κ2) is 9.70. The Bertz CT molecular complexity index is 1390. The molecule has 2 aliphatic rings. The number of rotatable bonds is 7. The van der Waals surface area contributed by atoms with Crippen LogP contribution in [-0.4, -0.2) is 61.8 Å². The van der Waals surface area contributed by atoms with Gasteiger partial charge in [0.1, 0.15) is 5.82 Å². The summed E-state index contributed by atoms with van der Waals surface area (Å²) in [5, 5.41) is 3.33. The number of nitrogens with one attached hydrogen (secondary N) is 2. The van der Waals surface area contributed by atoms with E-state index < -0.39 is 0 Å². The lowest BCUT2D eigenvalue weighted by atomic mass is 10.1. The number of hydrogen-bond donors (Lipinski definition) is 2. The van der Waals surface area contributed by atoms with Crippen molar-refractivity contribution in [3.8, 4) is 11.1 Å². The van der Waals surface area contributed by atoms with Gasteiger partial charge in [-0.1, -0.05) is 6.07 Å². The van der Waals surface area contributed by atoms with Crippen LogP contribution < -0.4 is 5.32 Å². The minimum Gasteiger partial charge on any atom is -0.340 e. The quantitative estimate of drug-likeness (QED) is 0.404. The fraction of sp³-hybridized carbons (Fsp3) is 0.357. The Balaban J connectivity index is 1.09. The molecule has 6 rings (SSSR count). The maximum Gasteiger partial charge on any atom is 0.222 e. The highest BCUT2D eigenvalue weighted by molar-refractivity contribution is 5.84. The van der Waals surface area contributed by atoms with Crippen molar-refractivity contribution in [3.63, 3.8) is 0 Å². The summed E-state index contributed by atoms with van der Waals surface area (Å²) in [6.45, 7) is 6.30. The van der Waals surface area contributed by atoms with E-state index in [1.807, 2.05) is 36.4 Å². The van der Waals surface area contributed by atoms with Crippen molar-refractivity contribution in [1.82, 2.24) is 29.7 Å². The van der Waals surface area contributed by atoms with Crippen LogP contribution in [0.1, 0.15) is 30.5 Å². The second-order valence-corrected chi connectivity index (χ2v) is 9.98. The van der Waals surface area contributed by atoms with E-state index in [0.29, 0.717) is 17.8 Å². The Morgan fingerprint density at radius 1 is 1.00 bits per heavy atom. The molecule has 4 heterocycles. The maximum atomic E-state index is 12.4. The lowest BCUT2D eigenvalue weighted by Crippen LogP contribution is -2.48. The molecule has 3 aromatic heterocycles. The van der Waals surface area contributed by atoms with Crippen LogP contribution in [0, 0.1) is 12.8 Å². The van der Waals surface area contributed by atoms with Gasteiger partial charge in [-0.2, -0.15) is 0 Å². The van der Waals surface area contributed by atoms with Gasteiger partial charge in [0.15, 0.2) is 0 Å². The van der Waals surface area contributed by atoms with Crippen LogP contribution in [0.5, 0.6) is 0 Å². The summed E-state index contributed by atoms with van der Waals surface area (Å²) in [6.07, 6.45) is 6.86. The van der Waals surface area contributed by atoms with Crippen molar-refractivity contribution in [2.24, 2.45) is 5.92 Å². The zero-order valence-corrected chi connectivity index (χ0v) is 20.6. The number of imidazole rings is 1. The van der Waals surface area contributed by atoms with Crippen LogP contribution in [0.2, 0.25) is 0 Å². The first kappa shape index (κ1) is 22.7. The standard InChI is InChI=1S/C28H31N7O/c1-19-14-23(7-9-29-19)22-4-5-24-25(17-22)32-28(31-24)33-26-15-21(6-8-30-26)18-34-10-12-35(13-11-34)27(36)16-20-2-3-20/h4-9,14-15,17,20H,2-3,10-13,16,18H2,1H3,(H2,30,31,32,33). The highest BCUT2D eigenvalue weighted by atomic mass is 16.2.